The molecule has 3 aromatic rings. The van der Waals surface area contributed by atoms with E-state index in [-0.39, 0.29) is 28.3 Å². The number of nitrogens with zero attached hydrogens (tertiary/aromatic N) is 2. The monoisotopic (exact) mass is 404 g/mol. The molecule has 0 saturated heterocycles. The van der Waals surface area contributed by atoms with Gasteiger partial charge in [0, 0.05) is 30.6 Å². The number of methoxy groups -OCH3 is 1. The van der Waals surface area contributed by atoms with Crippen LogP contribution in [0.3, 0.4) is 0 Å². The van der Waals surface area contributed by atoms with Gasteiger partial charge in [0.15, 0.2) is 11.5 Å². The van der Waals surface area contributed by atoms with Gasteiger partial charge in [0.2, 0.25) is 0 Å². The number of rotatable bonds is 4. The molecular formula is C24H24N2O4. The van der Waals surface area contributed by atoms with Crippen molar-refractivity contribution in [2.75, 3.05) is 20.7 Å². The van der Waals surface area contributed by atoms with Crippen molar-refractivity contribution in [3.63, 3.8) is 0 Å². The van der Waals surface area contributed by atoms with E-state index in [0.29, 0.717) is 5.75 Å². The first-order valence-corrected chi connectivity index (χ1v) is 9.89. The molecule has 1 heterocycles. The van der Waals surface area contributed by atoms with Crippen LogP contribution in [-0.2, 0) is 6.42 Å². The Bertz CT molecular complexity index is 1050. The van der Waals surface area contributed by atoms with Crippen LogP contribution in [-0.4, -0.2) is 35.6 Å². The number of nitro benzene ring substituents is 1. The highest BCUT2D eigenvalue weighted by molar-refractivity contribution is 5.52. The average molecular weight is 404 g/mol. The lowest BCUT2D eigenvalue weighted by Crippen LogP contribution is -2.29. The van der Waals surface area contributed by atoms with Gasteiger partial charge in [-0.2, -0.15) is 0 Å². The summed E-state index contributed by atoms with van der Waals surface area (Å²) in [6, 6.07) is 20.8. The first kappa shape index (κ1) is 19.9. The summed E-state index contributed by atoms with van der Waals surface area (Å²) >= 11 is 0. The summed E-state index contributed by atoms with van der Waals surface area (Å²) in [5.74, 6) is 0.561. The molecular weight excluding hydrogens is 380 g/mol. The molecule has 0 fully saturated rings. The van der Waals surface area contributed by atoms with E-state index in [1.165, 1.54) is 0 Å². The van der Waals surface area contributed by atoms with Gasteiger partial charge in [-0.1, -0.05) is 42.5 Å². The highest BCUT2D eigenvalue weighted by atomic mass is 16.6. The highest BCUT2D eigenvalue weighted by Crippen LogP contribution is 2.46. The van der Waals surface area contributed by atoms with Gasteiger partial charge in [0.1, 0.15) is 0 Å². The first-order chi connectivity index (χ1) is 14.5. The normalized spacial score (nSPS) is 19.0. The fraction of sp³-hybridized carbons (Fsp3) is 0.250. The molecule has 154 valence electrons. The van der Waals surface area contributed by atoms with E-state index in [1.54, 1.807) is 25.3 Å². The third-order valence-electron chi connectivity index (χ3n) is 5.90. The minimum Gasteiger partial charge on any atom is -0.504 e. The van der Waals surface area contributed by atoms with Crippen LogP contribution in [0.5, 0.6) is 11.5 Å². The lowest BCUT2D eigenvalue weighted by atomic mass is 9.80. The Morgan fingerprint density at radius 2 is 1.77 bits per heavy atom. The smallest absolute Gasteiger partial charge is 0.269 e. The van der Waals surface area contributed by atoms with E-state index in [1.807, 2.05) is 36.4 Å². The lowest BCUT2D eigenvalue weighted by molar-refractivity contribution is -0.384. The molecule has 1 aliphatic rings. The number of phenolic OH excluding ortho intramolecular Hbond substituents is 1. The van der Waals surface area contributed by atoms with Crippen LogP contribution in [0.2, 0.25) is 0 Å². The standard InChI is InChI=1S/C24H24N2O4/c1-25-13-12-18-14-21(27)22(30-2)15-20(18)23(16-6-4-3-5-7-16)24(25)17-8-10-19(11-9-17)26(28)29/h3-11,14-15,23-24,27H,12-13H2,1-2H3/t23-,24-/m0/s1. The van der Waals surface area contributed by atoms with Crippen LogP contribution in [0.1, 0.15) is 34.2 Å². The summed E-state index contributed by atoms with van der Waals surface area (Å²) in [6.07, 6.45) is 0.788. The predicted octanol–water partition coefficient (Wildman–Crippen LogP) is 4.67. The van der Waals surface area contributed by atoms with Crippen molar-refractivity contribution in [2.24, 2.45) is 0 Å². The number of non-ortho nitro benzene ring substituents is 1. The second kappa shape index (κ2) is 8.16. The molecule has 0 saturated carbocycles. The van der Waals surface area contributed by atoms with E-state index < -0.39 is 0 Å². The van der Waals surface area contributed by atoms with E-state index in [9.17, 15) is 15.2 Å². The third kappa shape index (κ3) is 3.62. The van der Waals surface area contributed by atoms with Gasteiger partial charge in [-0.3, -0.25) is 15.0 Å². The Balaban J connectivity index is 1.91. The maximum atomic E-state index is 11.1. The zero-order valence-electron chi connectivity index (χ0n) is 17.0. The van der Waals surface area contributed by atoms with Crippen molar-refractivity contribution in [1.29, 1.82) is 0 Å². The molecule has 6 heteroatoms. The fourth-order valence-corrected chi connectivity index (χ4v) is 4.42. The number of aromatic hydroxyl groups is 1. The zero-order chi connectivity index (χ0) is 21.3. The Labute approximate surface area is 175 Å². The van der Waals surface area contributed by atoms with Crippen LogP contribution >= 0.6 is 0 Å². The molecule has 30 heavy (non-hydrogen) atoms. The molecule has 1 N–H and O–H groups in total. The molecule has 0 unspecified atom stereocenters. The van der Waals surface area contributed by atoms with Gasteiger partial charge >= 0.3 is 0 Å². The number of likely N-dealkylation sites (N-methyl/N-ethyl adjacent to an activating group) is 1. The number of benzene rings is 3. The molecule has 1 aliphatic heterocycles. The maximum Gasteiger partial charge on any atom is 0.269 e. The van der Waals surface area contributed by atoms with Gasteiger partial charge in [-0.25, -0.2) is 0 Å². The molecule has 0 bridgehead atoms. The van der Waals surface area contributed by atoms with Gasteiger partial charge in [0.05, 0.1) is 12.0 Å². The van der Waals surface area contributed by atoms with E-state index in [2.05, 4.69) is 24.1 Å². The van der Waals surface area contributed by atoms with E-state index in [4.69, 9.17) is 4.74 Å². The van der Waals surface area contributed by atoms with Crippen molar-refractivity contribution in [3.8, 4) is 11.5 Å². The molecule has 6 nitrogen and oxygen atoms in total. The lowest BCUT2D eigenvalue weighted by Gasteiger charge is -2.34. The highest BCUT2D eigenvalue weighted by Gasteiger charge is 2.34. The molecule has 0 spiro atoms. The number of nitro groups is 1. The van der Waals surface area contributed by atoms with E-state index in [0.717, 1.165) is 35.2 Å². The van der Waals surface area contributed by atoms with Crippen LogP contribution in [0, 0.1) is 10.1 Å². The van der Waals surface area contributed by atoms with E-state index >= 15 is 0 Å². The van der Waals surface area contributed by atoms with Crippen molar-refractivity contribution in [2.45, 2.75) is 18.4 Å². The topological polar surface area (TPSA) is 75.8 Å². The number of fused-ring (bicyclic) bond motifs is 1. The first-order valence-electron chi connectivity index (χ1n) is 9.89. The third-order valence-corrected chi connectivity index (χ3v) is 5.90. The van der Waals surface area contributed by atoms with Gasteiger partial charge in [-0.15, -0.1) is 0 Å². The molecule has 0 radical (unpaired) electrons. The Morgan fingerprint density at radius 3 is 2.40 bits per heavy atom. The zero-order valence-corrected chi connectivity index (χ0v) is 17.0. The van der Waals surface area contributed by atoms with Crippen molar-refractivity contribution in [1.82, 2.24) is 4.90 Å². The number of ether oxygens (including phenoxy) is 1. The largest absolute Gasteiger partial charge is 0.504 e. The number of phenols is 1. The SMILES string of the molecule is COc1cc2c(cc1O)CCN(C)[C@@H](c1ccc([N+](=O)[O-])cc1)[C@H]2c1ccccc1. The quantitative estimate of drug-likeness (QED) is 0.505. The molecule has 2 atom stereocenters. The molecule has 3 aromatic carbocycles. The summed E-state index contributed by atoms with van der Waals surface area (Å²) < 4.78 is 5.41. The Kier molecular flexibility index (Phi) is 5.42. The minimum atomic E-state index is -0.377. The van der Waals surface area contributed by atoms with Crippen molar-refractivity contribution in [3.05, 3.63) is 99.1 Å². The Morgan fingerprint density at radius 1 is 1.07 bits per heavy atom. The summed E-state index contributed by atoms with van der Waals surface area (Å²) in [5, 5.41) is 21.5. The number of hydrogen-bond donors (Lipinski definition) is 1. The number of hydrogen-bond acceptors (Lipinski definition) is 5. The fourth-order valence-electron chi connectivity index (χ4n) is 4.42. The molecule has 4 rings (SSSR count). The van der Waals surface area contributed by atoms with Crippen LogP contribution in [0.25, 0.3) is 0 Å². The van der Waals surface area contributed by atoms with Crippen LogP contribution in [0.4, 0.5) is 5.69 Å². The van der Waals surface area contributed by atoms with Crippen molar-refractivity contribution < 1.29 is 14.8 Å². The second-order valence-corrected chi connectivity index (χ2v) is 7.64. The van der Waals surface area contributed by atoms with Crippen LogP contribution in [0.15, 0.2) is 66.7 Å². The second-order valence-electron chi connectivity index (χ2n) is 7.64. The van der Waals surface area contributed by atoms with Gasteiger partial charge in [0.25, 0.3) is 5.69 Å². The summed E-state index contributed by atoms with van der Waals surface area (Å²) in [4.78, 5) is 13.0. The minimum absolute atomic E-state index is 0.0235. The Hall–Kier alpha value is -3.38. The van der Waals surface area contributed by atoms with Crippen molar-refractivity contribution >= 4 is 5.69 Å². The van der Waals surface area contributed by atoms with Gasteiger partial charge in [-0.05, 0) is 47.9 Å². The summed E-state index contributed by atoms with van der Waals surface area (Å²) in [6.45, 7) is 0.795. The average Bonchev–Trinajstić information content (AvgIpc) is 2.90. The summed E-state index contributed by atoms with van der Waals surface area (Å²) in [7, 11) is 3.63. The summed E-state index contributed by atoms with van der Waals surface area (Å²) in [5.41, 5.74) is 4.42. The van der Waals surface area contributed by atoms with Crippen LogP contribution < -0.4 is 4.74 Å². The molecule has 0 aromatic heterocycles. The van der Waals surface area contributed by atoms with Gasteiger partial charge < -0.3 is 9.84 Å². The predicted molar refractivity (Wildman–Crippen MR) is 115 cm³/mol. The molecule has 0 aliphatic carbocycles. The molecule has 0 amide bonds. The maximum absolute atomic E-state index is 11.1.